The van der Waals surface area contributed by atoms with E-state index in [-0.39, 0.29) is 0 Å². The molecular weight excluding hydrogens is 198 g/mol. The monoisotopic (exact) mass is 217 g/mol. The van der Waals surface area contributed by atoms with Crippen LogP contribution in [-0.4, -0.2) is 18.7 Å². The van der Waals surface area contributed by atoms with Gasteiger partial charge < -0.3 is 10.1 Å². The van der Waals surface area contributed by atoms with Gasteiger partial charge in [-0.25, -0.2) is 0 Å². The summed E-state index contributed by atoms with van der Waals surface area (Å²) in [5.74, 6) is 1.11. The molecule has 0 radical (unpaired) electrons. The summed E-state index contributed by atoms with van der Waals surface area (Å²) in [5, 5.41) is 3.54. The normalized spacial score (nSPS) is 27.8. The Balaban J connectivity index is 1.65. The summed E-state index contributed by atoms with van der Waals surface area (Å²) in [5.41, 5.74) is 2.73. The van der Waals surface area contributed by atoms with Crippen molar-refractivity contribution < 1.29 is 4.74 Å². The number of fused-ring (bicyclic) bond motifs is 1. The van der Waals surface area contributed by atoms with Gasteiger partial charge in [-0.05, 0) is 44.4 Å². The van der Waals surface area contributed by atoms with Crippen molar-refractivity contribution in [2.45, 2.75) is 44.8 Å². The zero-order valence-corrected chi connectivity index (χ0v) is 9.83. The first-order chi connectivity index (χ1) is 7.81. The van der Waals surface area contributed by atoms with E-state index in [0.717, 1.165) is 18.6 Å². The minimum Gasteiger partial charge on any atom is -0.490 e. The van der Waals surface area contributed by atoms with Crippen molar-refractivity contribution in [2.24, 2.45) is 0 Å². The molecule has 3 rings (SSSR count). The largest absolute Gasteiger partial charge is 0.490 e. The first-order valence-corrected chi connectivity index (χ1v) is 6.31. The molecule has 2 aliphatic rings. The molecule has 1 saturated heterocycles. The Morgan fingerprint density at radius 2 is 2.38 bits per heavy atom. The van der Waals surface area contributed by atoms with Crippen molar-refractivity contribution in [2.75, 3.05) is 6.54 Å². The number of hydrogen-bond donors (Lipinski definition) is 1. The van der Waals surface area contributed by atoms with Crippen molar-refractivity contribution in [1.82, 2.24) is 5.32 Å². The Morgan fingerprint density at radius 1 is 1.44 bits per heavy atom. The number of rotatable bonds is 2. The van der Waals surface area contributed by atoms with Crippen LogP contribution in [0.15, 0.2) is 18.2 Å². The van der Waals surface area contributed by atoms with Gasteiger partial charge in [0.1, 0.15) is 11.9 Å². The average molecular weight is 217 g/mol. The van der Waals surface area contributed by atoms with Crippen molar-refractivity contribution in [3.05, 3.63) is 29.3 Å². The van der Waals surface area contributed by atoms with Gasteiger partial charge in [-0.2, -0.15) is 0 Å². The predicted molar refractivity (Wildman–Crippen MR) is 64.9 cm³/mol. The third kappa shape index (κ3) is 1.94. The Kier molecular flexibility index (Phi) is 2.60. The lowest BCUT2D eigenvalue weighted by Gasteiger charge is -2.15. The molecule has 2 heterocycles. The standard InChI is InChI=1S/C14H19NO/c1-10-4-5-14-11(7-10)8-13(16-14)9-12-3-2-6-15-12/h4-5,7,12-13,15H,2-3,6,8-9H2,1H3. The fourth-order valence-electron chi connectivity index (χ4n) is 2.86. The number of ether oxygens (including phenoxy) is 1. The van der Waals surface area contributed by atoms with E-state index in [2.05, 4.69) is 30.4 Å². The molecule has 86 valence electrons. The lowest BCUT2D eigenvalue weighted by atomic mass is 10.0. The second-order valence-electron chi connectivity index (χ2n) is 5.08. The van der Waals surface area contributed by atoms with Crippen LogP contribution in [-0.2, 0) is 6.42 Å². The third-order valence-corrected chi connectivity index (χ3v) is 3.67. The summed E-state index contributed by atoms with van der Waals surface area (Å²) in [6, 6.07) is 7.19. The first kappa shape index (κ1) is 10.2. The topological polar surface area (TPSA) is 21.3 Å². The van der Waals surface area contributed by atoms with E-state index >= 15 is 0 Å². The molecule has 1 aromatic rings. The maximum Gasteiger partial charge on any atom is 0.123 e. The number of aryl methyl sites for hydroxylation is 1. The molecule has 2 nitrogen and oxygen atoms in total. The summed E-state index contributed by atoms with van der Waals surface area (Å²) in [4.78, 5) is 0. The molecule has 2 aliphatic heterocycles. The van der Waals surface area contributed by atoms with Crippen LogP contribution in [0, 0.1) is 6.92 Å². The molecule has 0 bridgehead atoms. The van der Waals surface area contributed by atoms with Crippen LogP contribution in [0.2, 0.25) is 0 Å². The molecule has 16 heavy (non-hydrogen) atoms. The van der Waals surface area contributed by atoms with Crippen LogP contribution < -0.4 is 10.1 Å². The summed E-state index contributed by atoms with van der Waals surface area (Å²) in [7, 11) is 0. The Labute approximate surface area is 97.0 Å². The van der Waals surface area contributed by atoms with Crippen LogP contribution in [0.3, 0.4) is 0 Å². The maximum absolute atomic E-state index is 5.98. The Bertz CT molecular complexity index is 382. The fraction of sp³-hybridized carbons (Fsp3) is 0.571. The van der Waals surface area contributed by atoms with Gasteiger partial charge in [-0.1, -0.05) is 17.7 Å². The van der Waals surface area contributed by atoms with E-state index in [0.29, 0.717) is 12.1 Å². The zero-order valence-electron chi connectivity index (χ0n) is 9.83. The van der Waals surface area contributed by atoms with E-state index in [1.165, 1.54) is 30.5 Å². The minimum atomic E-state index is 0.396. The summed E-state index contributed by atoms with van der Waals surface area (Å²) >= 11 is 0. The summed E-state index contributed by atoms with van der Waals surface area (Å²) in [6.07, 6.45) is 5.29. The molecule has 0 aliphatic carbocycles. The molecule has 1 fully saturated rings. The zero-order chi connectivity index (χ0) is 11.0. The summed E-state index contributed by atoms with van der Waals surface area (Å²) < 4.78 is 5.98. The molecule has 2 unspecified atom stereocenters. The number of hydrogen-bond acceptors (Lipinski definition) is 2. The highest BCUT2D eigenvalue weighted by Gasteiger charge is 2.26. The van der Waals surface area contributed by atoms with Gasteiger partial charge in [0.25, 0.3) is 0 Å². The minimum absolute atomic E-state index is 0.396. The maximum atomic E-state index is 5.98. The molecular formula is C14H19NO. The molecule has 2 atom stereocenters. The van der Waals surface area contributed by atoms with E-state index < -0.39 is 0 Å². The number of benzene rings is 1. The third-order valence-electron chi connectivity index (χ3n) is 3.67. The van der Waals surface area contributed by atoms with Gasteiger partial charge in [-0.3, -0.25) is 0 Å². The van der Waals surface area contributed by atoms with Crippen molar-refractivity contribution >= 4 is 0 Å². The van der Waals surface area contributed by atoms with Crippen molar-refractivity contribution in [3.8, 4) is 5.75 Å². The van der Waals surface area contributed by atoms with Gasteiger partial charge in [0, 0.05) is 12.5 Å². The molecule has 1 N–H and O–H groups in total. The summed E-state index contributed by atoms with van der Waals surface area (Å²) in [6.45, 7) is 3.33. The van der Waals surface area contributed by atoms with Gasteiger partial charge in [0.15, 0.2) is 0 Å². The first-order valence-electron chi connectivity index (χ1n) is 6.31. The second kappa shape index (κ2) is 4.10. The van der Waals surface area contributed by atoms with E-state index in [4.69, 9.17) is 4.74 Å². The SMILES string of the molecule is Cc1ccc2c(c1)CC(CC1CCCN1)O2. The Hall–Kier alpha value is -1.02. The van der Waals surface area contributed by atoms with Gasteiger partial charge in [0.2, 0.25) is 0 Å². The van der Waals surface area contributed by atoms with E-state index in [1.807, 2.05) is 0 Å². The number of nitrogens with one attached hydrogen (secondary N) is 1. The lowest BCUT2D eigenvalue weighted by molar-refractivity contribution is 0.206. The van der Waals surface area contributed by atoms with Gasteiger partial charge in [-0.15, -0.1) is 0 Å². The Morgan fingerprint density at radius 3 is 3.19 bits per heavy atom. The van der Waals surface area contributed by atoms with Crippen molar-refractivity contribution in [1.29, 1.82) is 0 Å². The van der Waals surface area contributed by atoms with Crippen molar-refractivity contribution in [3.63, 3.8) is 0 Å². The van der Waals surface area contributed by atoms with Crippen LogP contribution in [0.25, 0.3) is 0 Å². The molecule has 0 saturated carbocycles. The van der Waals surface area contributed by atoms with E-state index in [9.17, 15) is 0 Å². The predicted octanol–water partition coefficient (Wildman–Crippen LogP) is 2.44. The van der Waals surface area contributed by atoms with Crippen LogP contribution in [0.5, 0.6) is 5.75 Å². The highest BCUT2D eigenvalue weighted by atomic mass is 16.5. The highest BCUT2D eigenvalue weighted by molar-refractivity contribution is 5.40. The van der Waals surface area contributed by atoms with Gasteiger partial charge in [0.05, 0.1) is 0 Å². The molecule has 2 heteroatoms. The average Bonchev–Trinajstić information content (AvgIpc) is 2.86. The quantitative estimate of drug-likeness (QED) is 0.821. The van der Waals surface area contributed by atoms with Crippen LogP contribution in [0.1, 0.15) is 30.4 Å². The van der Waals surface area contributed by atoms with Crippen LogP contribution >= 0.6 is 0 Å². The second-order valence-corrected chi connectivity index (χ2v) is 5.08. The van der Waals surface area contributed by atoms with Gasteiger partial charge >= 0.3 is 0 Å². The molecule has 0 spiro atoms. The lowest BCUT2D eigenvalue weighted by Crippen LogP contribution is -2.28. The van der Waals surface area contributed by atoms with E-state index in [1.54, 1.807) is 0 Å². The molecule has 0 amide bonds. The smallest absolute Gasteiger partial charge is 0.123 e. The van der Waals surface area contributed by atoms with Crippen LogP contribution in [0.4, 0.5) is 0 Å². The molecule has 0 aromatic heterocycles. The fourth-order valence-corrected chi connectivity index (χ4v) is 2.86. The highest BCUT2D eigenvalue weighted by Crippen LogP contribution is 2.31. The molecule has 1 aromatic carbocycles.